The van der Waals surface area contributed by atoms with Gasteiger partial charge in [0.1, 0.15) is 22.9 Å². The number of carbonyl (C=O) groups excluding carboxylic acids is 1. The summed E-state index contributed by atoms with van der Waals surface area (Å²) in [5.74, 6) is -1.78. The molecule has 9 nitrogen and oxygen atoms in total. The molecule has 2 N–H and O–H groups in total. The monoisotopic (exact) mass is 585 g/mol. The molecule has 1 amide bonds. The van der Waals surface area contributed by atoms with Crippen molar-refractivity contribution in [1.82, 2.24) is 24.6 Å². The zero-order valence-electron chi connectivity index (χ0n) is 22.8. The van der Waals surface area contributed by atoms with Crippen molar-refractivity contribution in [3.05, 3.63) is 133 Å². The van der Waals surface area contributed by atoms with E-state index in [1.807, 2.05) is 54.7 Å². The van der Waals surface area contributed by atoms with Crippen LogP contribution in [0.3, 0.4) is 0 Å². The van der Waals surface area contributed by atoms with Crippen LogP contribution in [0.25, 0.3) is 39.4 Å². The number of fused-ring (bicyclic) bond motifs is 1. The Morgan fingerprint density at radius 2 is 1.61 bits per heavy atom. The van der Waals surface area contributed by atoms with Crippen LogP contribution >= 0.6 is 0 Å². The maximum Gasteiger partial charge on any atom is 0.261 e. The number of oxazole rings is 1. The van der Waals surface area contributed by atoms with Gasteiger partial charge in [-0.25, -0.2) is 28.2 Å². The first kappa shape index (κ1) is 26.7. The average Bonchev–Trinajstić information content (AvgIpc) is 3.71. The molecule has 4 heterocycles. The molecule has 0 spiro atoms. The highest BCUT2D eigenvalue weighted by molar-refractivity contribution is 6.05. The number of nitrogens with zero attached hydrogens (tertiary/aromatic N) is 5. The van der Waals surface area contributed by atoms with Gasteiger partial charge in [0, 0.05) is 34.9 Å². The summed E-state index contributed by atoms with van der Waals surface area (Å²) in [5, 5.41) is 10.7. The topological polar surface area (TPSA) is 110 Å². The molecule has 0 saturated carbocycles. The number of hydrogen-bond donors (Lipinski definition) is 2. The quantitative estimate of drug-likeness (QED) is 0.201. The number of benzene rings is 3. The van der Waals surface area contributed by atoms with Gasteiger partial charge in [0.05, 0.1) is 23.0 Å². The van der Waals surface area contributed by atoms with Crippen LogP contribution in [0.1, 0.15) is 10.4 Å². The number of halogens is 2. The van der Waals surface area contributed by atoms with E-state index in [2.05, 4.69) is 20.6 Å². The molecule has 7 aromatic rings. The second kappa shape index (κ2) is 11.2. The third-order valence-corrected chi connectivity index (χ3v) is 6.87. The van der Waals surface area contributed by atoms with Crippen LogP contribution in [-0.2, 0) is 0 Å². The predicted octanol–water partition coefficient (Wildman–Crippen LogP) is 7.39. The predicted molar refractivity (Wildman–Crippen MR) is 161 cm³/mol. The zero-order chi connectivity index (χ0) is 30.0. The third kappa shape index (κ3) is 5.13. The lowest BCUT2D eigenvalue weighted by molar-refractivity contribution is 0.101. The Morgan fingerprint density at radius 1 is 0.841 bits per heavy atom. The molecule has 0 saturated heterocycles. The van der Waals surface area contributed by atoms with E-state index in [0.29, 0.717) is 34.3 Å². The zero-order valence-corrected chi connectivity index (χ0v) is 22.8. The smallest absolute Gasteiger partial charge is 0.261 e. The lowest BCUT2D eigenvalue weighted by Crippen LogP contribution is -2.15. The van der Waals surface area contributed by atoms with Crippen LogP contribution in [0.4, 0.5) is 26.1 Å². The second-order valence-corrected chi connectivity index (χ2v) is 9.72. The van der Waals surface area contributed by atoms with Gasteiger partial charge in [0.2, 0.25) is 5.95 Å². The van der Waals surface area contributed by atoms with Crippen molar-refractivity contribution in [1.29, 1.82) is 0 Å². The summed E-state index contributed by atoms with van der Waals surface area (Å²) >= 11 is 0. The first-order chi connectivity index (χ1) is 21.5. The Balaban J connectivity index is 1.24. The SMILES string of the molecule is O=C(Nc1cccc(-c2nn3ccccc3c2-c2ccnc(Nc3cccc(-c4cnco4)c3)n2)c1)c1c(F)cccc1F. The number of hydrogen-bond acceptors (Lipinski definition) is 7. The summed E-state index contributed by atoms with van der Waals surface area (Å²) in [5.41, 5.74) is 4.66. The van der Waals surface area contributed by atoms with Crippen LogP contribution in [0.2, 0.25) is 0 Å². The fourth-order valence-electron chi connectivity index (χ4n) is 4.90. The van der Waals surface area contributed by atoms with Gasteiger partial charge in [-0.05, 0) is 54.6 Å². The molecule has 0 atom stereocenters. The Kier molecular flexibility index (Phi) is 6.79. The highest BCUT2D eigenvalue weighted by atomic mass is 19.1. The Hall–Kier alpha value is -6.23. The van der Waals surface area contributed by atoms with Crippen molar-refractivity contribution in [3.8, 4) is 33.8 Å². The van der Waals surface area contributed by atoms with E-state index in [1.165, 1.54) is 12.5 Å². The standard InChI is InChI=1S/C33H21F2N7O2/c34-24-10-5-11-25(35)29(24)32(43)38-22-8-4-7-21(17-22)31-30(27-12-1-2-15-42(27)41-31)26-13-14-37-33(40-26)39-23-9-3-6-20(16-23)28-18-36-19-44-28/h1-19H,(H,38,43)(H,37,39,40). The Labute approximate surface area is 248 Å². The summed E-state index contributed by atoms with van der Waals surface area (Å²) in [4.78, 5) is 26.0. The van der Waals surface area contributed by atoms with Gasteiger partial charge >= 0.3 is 0 Å². The molecule has 0 bridgehead atoms. The number of nitrogens with one attached hydrogen (secondary N) is 2. The Bertz CT molecular complexity index is 2120. The minimum atomic E-state index is -0.945. The molecule has 0 radical (unpaired) electrons. The van der Waals surface area contributed by atoms with Crippen LogP contribution in [0.5, 0.6) is 0 Å². The van der Waals surface area contributed by atoms with E-state index < -0.39 is 23.1 Å². The summed E-state index contributed by atoms with van der Waals surface area (Å²) in [6.07, 6.45) is 6.50. The van der Waals surface area contributed by atoms with Gasteiger partial charge in [0.25, 0.3) is 5.91 Å². The minimum Gasteiger partial charge on any atom is -0.444 e. The van der Waals surface area contributed by atoms with Crippen molar-refractivity contribution in [2.75, 3.05) is 10.6 Å². The summed E-state index contributed by atoms with van der Waals surface area (Å²) < 4.78 is 35.6. The van der Waals surface area contributed by atoms with Crippen LogP contribution < -0.4 is 10.6 Å². The van der Waals surface area contributed by atoms with Gasteiger partial charge in [-0.15, -0.1) is 0 Å². The van der Waals surface area contributed by atoms with Crippen LogP contribution in [-0.4, -0.2) is 30.5 Å². The summed E-state index contributed by atoms with van der Waals surface area (Å²) in [6, 6.07) is 25.2. The molecule has 0 aliphatic carbocycles. The molecule has 3 aromatic carbocycles. The lowest BCUT2D eigenvalue weighted by atomic mass is 10.0. The summed E-state index contributed by atoms with van der Waals surface area (Å²) in [7, 11) is 0. The highest BCUT2D eigenvalue weighted by Crippen LogP contribution is 2.35. The van der Waals surface area contributed by atoms with Gasteiger partial charge in [-0.2, -0.15) is 5.10 Å². The molecule has 214 valence electrons. The summed E-state index contributed by atoms with van der Waals surface area (Å²) in [6.45, 7) is 0. The first-order valence-corrected chi connectivity index (χ1v) is 13.5. The Morgan fingerprint density at radius 3 is 2.43 bits per heavy atom. The molecule has 0 aliphatic rings. The van der Waals surface area contributed by atoms with Gasteiger partial charge in [-0.1, -0.05) is 36.4 Å². The molecule has 0 unspecified atom stereocenters. The molecule has 7 rings (SSSR count). The normalized spacial score (nSPS) is 11.0. The molecule has 4 aromatic heterocycles. The molecule has 0 fully saturated rings. The first-order valence-electron chi connectivity index (χ1n) is 13.5. The van der Waals surface area contributed by atoms with E-state index in [1.54, 1.807) is 41.2 Å². The number of pyridine rings is 1. The lowest BCUT2D eigenvalue weighted by Gasteiger charge is -2.10. The molecular weight excluding hydrogens is 564 g/mol. The fourth-order valence-corrected chi connectivity index (χ4v) is 4.90. The van der Waals surface area contributed by atoms with E-state index in [4.69, 9.17) is 14.5 Å². The van der Waals surface area contributed by atoms with E-state index in [9.17, 15) is 13.6 Å². The molecular formula is C33H21F2N7O2. The highest BCUT2D eigenvalue weighted by Gasteiger charge is 2.20. The number of aromatic nitrogens is 5. The van der Waals surface area contributed by atoms with E-state index in [-0.39, 0.29) is 0 Å². The van der Waals surface area contributed by atoms with Gasteiger partial charge in [-0.3, -0.25) is 4.79 Å². The largest absolute Gasteiger partial charge is 0.444 e. The van der Waals surface area contributed by atoms with Crippen molar-refractivity contribution < 1.29 is 18.0 Å². The van der Waals surface area contributed by atoms with Gasteiger partial charge in [0.15, 0.2) is 12.2 Å². The number of amides is 1. The number of carbonyl (C=O) groups is 1. The minimum absolute atomic E-state index is 0.342. The molecule has 44 heavy (non-hydrogen) atoms. The van der Waals surface area contributed by atoms with Crippen molar-refractivity contribution in [2.45, 2.75) is 0 Å². The fraction of sp³-hybridized carbons (Fsp3) is 0. The molecule has 11 heteroatoms. The third-order valence-electron chi connectivity index (χ3n) is 6.87. The maximum absolute atomic E-state index is 14.2. The number of rotatable bonds is 7. The van der Waals surface area contributed by atoms with E-state index >= 15 is 0 Å². The average molecular weight is 586 g/mol. The number of anilines is 3. The van der Waals surface area contributed by atoms with Crippen molar-refractivity contribution >= 4 is 28.7 Å². The van der Waals surface area contributed by atoms with Crippen LogP contribution in [0, 0.1) is 11.6 Å². The van der Waals surface area contributed by atoms with Crippen molar-refractivity contribution in [3.63, 3.8) is 0 Å². The van der Waals surface area contributed by atoms with Crippen LogP contribution in [0.15, 0.2) is 120 Å². The van der Waals surface area contributed by atoms with Crippen molar-refractivity contribution in [2.24, 2.45) is 0 Å². The van der Waals surface area contributed by atoms with Gasteiger partial charge < -0.3 is 15.1 Å². The van der Waals surface area contributed by atoms with E-state index in [0.717, 1.165) is 34.5 Å². The second-order valence-electron chi connectivity index (χ2n) is 9.72. The maximum atomic E-state index is 14.2. The molecule has 0 aliphatic heterocycles.